The number of aromatic nitrogens is 3. The van der Waals surface area contributed by atoms with E-state index >= 15 is 0 Å². The number of anilines is 1. The molecule has 17 heavy (non-hydrogen) atoms. The Balaban J connectivity index is 1.93. The molecule has 0 spiro atoms. The predicted molar refractivity (Wildman–Crippen MR) is 69.5 cm³/mol. The quantitative estimate of drug-likeness (QED) is 0.643. The molecule has 0 unspecified atom stereocenters. The van der Waals surface area contributed by atoms with Gasteiger partial charge in [0.05, 0.1) is 5.75 Å². The zero-order valence-electron chi connectivity index (χ0n) is 9.42. The van der Waals surface area contributed by atoms with Crippen molar-refractivity contribution in [1.29, 1.82) is 0 Å². The molecule has 0 aliphatic heterocycles. The van der Waals surface area contributed by atoms with Crippen LogP contribution in [-0.2, 0) is 7.05 Å². The molecule has 0 saturated carbocycles. The fourth-order valence-corrected chi connectivity index (χ4v) is 1.87. The summed E-state index contributed by atoms with van der Waals surface area (Å²) in [5.41, 5.74) is 6.59. The van der Waals surface area contributed by atoms with Gasteiger partial charge in [0.1, 0.15) is 0 Å². The van der Waals surface area contributed by atoms with E-state index in [-0.39, 0.29) is 0 Å². The van der Waals surface area contributed by atoms with E-state index in [4.69, 9.17) is 5.73 Å². The normalized spacial score (nSPS) is 9.71. The van der Waals surface area contributed by atoms with Crippen molar-refractivity contribution in [3.8, 4) is 11.8 Å². The van der Waals surface area contributed by atoms with Crippen molar-refractivity contribution < 1.29 is 0 Å². The fourth-order valence-electron chi connectivity index (χ4n) is 1.21. The minimum absolute atomic E-state index is 0.420. The maximum atomic E-state index is 5.58. The molecule has 0 bridgehead atoms. The van der Waals surface area contributed by atoms with Crippen LogP contribution < -0.4 is 5.73 Å². The Morgan fingerprint density at radius 3 is 2.71 bits per heavy atom. The number of nitrogen functional groups attached to an aromatic ring is 1. The van der Waals surface area contributed by atoms with Crippen LogP contribution in [0.15, 0.2) is 35.5 Å². The van der Waals surface area contributed by atoms with Crippen molar-refractivity contribution in [2.24, 2.45) is 7.05 Å². The van der Waals surface area contributed by atoms with Gasteiger partial charge in [-0.05, 0) is 12.1 Å². The second-order valence-corrected chi connectivity index (χ2v) is 4.30. The highest BCUT2D eigenvalue weighted by Crippen LogP contribution is 2.15. The minimum Gasteiger partial charge on any atom is -0.368 e. The average Bonchev–Trinajstić information content (AvgIpc) is 2.67. The van der Waals surface area contributed by atoms with Gasteiger partial charge in [-0.15, -0.1) is 10.2 Å². The van der Waals surface area contributed by atoms with Gasteiger partial charge in [0, 0.05) is 12.6 Å². The van der Waals surface area contributed by atoms with Gasteiger partial charge >= 0.3 is 0 Å². The maximum Gasteiger partial charge on any atom is 0.222 e. The summed E-state index contributed by atoms with van der Waals surface area (Å²) in [7, 11) is 1.84. The molecule has 2 N–H and O–H groups in total. The van der Waals surface area contributed by atoms with E-state index in [1.165, 1.54) is 11.8 Å². The molecule has 0 saturated heterocycles. The maximum absolute atomic E-state index is 5.58. The molecular formula is C12H12N4S. The van der Waals surface area contributed by atoms with Crippen molar-refractivity contribution in [3.05, 3.63) is 35.9 Å². The van der Waals surface area contributed by atoms with Crippen LogP contribution >= 0.6 is 11.8 Å². The Hall–Kier alpha value is -1.93. The molecule has 1 aromatic heterocycles. The number of thioether (sulfide) groups is 1. The van der Waals surface area contributed by atoms with Gasteiger partial charge < -0.3 is 5.73 Å². The lowest BCUT2D eigenvalue weighted by atomic mass is 10.2. The molecule has 0 atom stereocenters. The van der Waals surface area contributed by atoms with E-state index < -0.39 is 0 Å². The SMILES string of the molecule is Cn1c(N)nnc1SCC#Cc1ccccc1. The molecule has 0 aliphatic rings. The first kappa shape index (κ1) is 11.6. The molecule has 0 aliphatic carbocycles. The summed E-state index contributed by atoms with van der Waals surface area (Å²) in [6.07, 6.45) is 0. The van der Waals surface area contributed by atoms with Crippen LogP contribution in [0.2, 0.25) is 0 Å². The van der Waals surface area contributed by atoms with E-state index in [1.54, 1.807) is 4.57 Å². The molecule has 86 valence electrons. The topological polar surface area (TPSA) is 56.7 Å². The molecule has 1 heterocycles. The number of benzene rings is 1. The molecule has 1 aromatic carbocycles. The standard InChI is InChI=1S/C12H12N4S/c1-16-11(13)14-15-12(16)17-9-5-8-10-6-3-2-4-7-10/h2-4,6-7H,9H2,1H3,(H2,13,14). The first-order valence-corrected chi connectivity index (χ1v) is 6.07. The summed E-state index contributed by atoms with van der Waals surface area (Å²) >= 11 is 1.52. The molecular weight excluding hydrogens is 232 g/mol. The van der Waals surface area contributed by atoms with E-state index in [2.05, 4.69) is 22.0 Å². The first-order chi connectivity index (χ1) is 8.27. The summed E-state index contributed by atoms with van der Waals surface area (Å²) in [5, 5.41) is 8.50. The molecule has 0 fully saturated rings. The van der Waals surface area contributed by atoms with Crippen molar-refractivity contribution in [2.75, 3.05) is 11.5 Å². The summed E-state index contributed by atoms with van der Waals surface area (Å²) in [4.78, 5) is 0. The predicted octanol–water partition coefficient (Wildman–Crippen LogP) is 1.54. The highest BCUT2D eigenvalue weighted by Gasteiger charge is 2.03. The van der Waals surface area contributed by atoms with Crippen LogP contribution in [0.25, 0.3) is 0 Å². The highest BCUT2D eigenvalue weighted by atomic mass is 32.2. The molecule has 4 nitrogen and oxygen atoms in total. The van der Waals surface area contributed by atoms with Crippen molar-refractivity contribution in [2.45, 2.75) is 5.16 Å². The summed E-state index contributed by atoms with van der Waals surface area (Å²) < 4.78 is 1.74. The summed E-state index contributed by atoms with van der Waals surface area (Å²) in [6, 6.07) is 9.89. The van der Waals surface area contributed by atoms with Gasteiger partial charge in [-0.1, -0.05) is 41.8 Å². The van der Waals surface area contributed by atoms with Gasteiger partial charge in [-0.25, -0.2) is 0 Å². The third kappa shape index (κ3) is 3.02. The smallest absolute Gasteiger partial charge is 0.222 e. The zero-order valence-corrected chi connectivity index (χ0v) is 10.2. The number of nitrogens with zero attached hydrogens (tertiary/aromatic N) is 3. The lowest BCUT2D eigenvalue weighted by Crippen LogP contribution is -1.97. The monoisotopic (exact) mass is 244 g/mol. The lowest BCUT2D eigenvalue weighted by molar-refractivity contribution is 0.797. The summed E-state index contributed by atoms with van der Waals surface area (Å²) in [5.74, 6) is 7.25. The van der Waals surface area contributed by atoms with Crippen LogP contribution in [0.5, 0.6) is 0 Å². The number of rotatable bonds is 2. The third-order valence-electron chi connectivity index (χ3n) is 2.15. The van der Waals surface area contributed by atoms with Crippen molar-refractivity contribution in [1.82, 2.24) is 14.8 Å². The van der Waals surface area contributed by atoms with Gasteiger partial charge in [0.2, 0.25) is 5.95 Å². The highest BCUT2D eigenvalue weighted by molar-refractivity contribution is 7.99. The van der Waals surface area contributed by atoms with E-state index in [0.29, 0.717) is 11.7 Å². The van der Waals surface area contributed by atoms with Crippen LogP contribution in [0, 0.1) is 11.8 Å². The van der Waals surface area contributed by atoms with Gasteiger partial charge in [0.15, 0.2) is 5.16 Å². The van der Waals surface area contributed by atoms with E-state index in [1.807, 2.05) is 37.4 Å². The van der Waals surface area contributed by atoms with Gasteiger partial charge in [-0.2, -0.15) is 0 Å². The van der Waals surface area contributed by atoms with Gasteiger partial charge in [0.25, 0.3) is 0 Å². The molecule has 5 heteroatoms. The van der Waals surface area contributed by atoms with Crippen molar-refractivity contribution in [3.63, 3.8) is 0 Å². The Labute approximate surface area is 104 Å². The number of hydrogen-bond acceptors (Lipinski definition) is 4. The van der Waals surface area contributed by atoms with Crippen LogP contribution in [0.3, 0.4) is 0 Å². The van der Waals surface area contributed by atoms with E-state index in [9.17, 15) is 0 Å². The van der Waals surface area contributed by atoms with Gasteiger partial charge in [-0.3, -0.25) is 4.57 Å². The second-order valence-electron chi connectivity index (χ2n) is 3.36. The first-order valence-electron chi connectivity index (χ1n) is 5.09. The molecule has 2 aromatic rings. The Bertz CT molecular complexity index is 551. The number of nitrogens with two attached hydrogens (primary N) is 1. The largest absolute Gasteiger partial charge is 0.368 e. The molecule has 0 radical (unpaired) electrons. The number of hydrogen-bond donors (Lipinski definition) is 1. The zero-order chi connectivity index (χ0) is 12.1. The van der Waals surface area contributed by atoms with Crippen LogP contribution in [-0.4, -0.2) is 20.5 Å². The fraction of sp³-hybridized carbons (Fsp3) is 0.167. The molecule has 2 rings (SSSR count). The summed E-state index contributed by atoms with van der Waals surface area (Å²) in [6.45, 7) is 0. The Kier molecular flexibility index (Phi) is 3.68. The van der Waals surface area contributed by atoms with Crippen molar-refractivity contribution >= 4 is 17.7 Å². The third-order valence-corrected chi connectivity index (χ3v) is 3.05. The minimum atomic E-state index is 0.420. The van der Waals surface area contributed by atoms with E-state index in [0.717, 1.165) is 10.7 Å². The average molecular weight is 244 g/mol. The Morgan fingerprint density at radius 1 is 1.29 bits per heavy atom. The Morgan fingerprint density at radius 2 is 2.06 bits per heavy atom. The lowest BCUT2D eigenvalue weighted by Gasteiger charge is -1.96. The van der Waals surface area contributed by atoms with Crippen LogP contribution in [0.1, 0.15) is 5.56 Å². The second kappa shape index (κ2) is 5.41. The molecule has 0 amide bonds. The van der Waals surface area contributed by atoms with Crippen LogP contribution in [0.4, 0.5) is 5.95 Å².